The lowest BCUT2D eigenvalue weighted by Gasteiger charge is -1.99. The van der Waals surface area contributed by atoms with Gasteiger partial charge in [0, 0.05) is 15.9 Å². The summed E-state index contributed by atoms with van der Waals surface area (Å²) < 4.78 is 11.8. The van der Waals surface area contributed by atoms with Crippen LogP contribution in [0.15, 0.2) is 40.1 Å². The van der Waals surface area contributed by atoms with Gasteiger partial charge in [0.2, 0.25) is 0 Å². The summed E-state index contributed by atoms with van der Waals surface area (Å²) in [6.07, 6.45) is 0. The van der Waals surface area contributed by atoms with Crippen LogP contribution in [0.1, 0.15) is 19.4 Å². The van der Waals surface area contributed by atoms with Crippen molar-refractivity contribution >= 4 is 16.6 Å². The highest BCUT2D eigenvalue weighted by Gasteiger charge is 2.03. The average Bonchev–Trinajstić information content (AvgIpc) is 2.18. The maximum atomic E-state index is 11.8. The highest BCUT2D eigenvalue weighted by molar-refractivity contribution is 7.88. The molecule has 80 valence electrons. The molecule has 0 heterocycles. The molecule has 0 fully saturated rings. The van der Waals surface area contributed by atoms with Gasteiger partial charge in [0.15, 0.2) is 5.78 Å². The van der Waals surface area contributed by atoms with Gasteiger partial charge < -0.3 is 0 Å². The summed E-state index contributed by atoms with van der Waals surface area (Å²) in [6.45, 7) is 5.12. The van der Waals surface area contributed by atoms with Crippen molar-refractivity contribution in [2.45, 2.75) is 25.7 Å². The van der Waals surface area contributed by atoms with Crippen LogP contribution in [0.4, 0.5) is 0 Å². The van der Waals surface area contributed by atoms with Crippen LogP contribution < -0.4 is 0 Å². The van der Waals surface area contributed by atoms with Crippen molar-refractivity contribution in [2.75, 3.05) is 0 Å². The second-order valence-corrected chi connectivity index (χ2v) is 4.77. The molecule has 0 bridgehead atoms. The SMILES string of the molecule is CC(=O)/C(C)=C\[S@](=O)c1ccc(C)cc1. The van der Waals surface area contributed by atoms with Gasteiger partial charge in [0.25, 0.3) is 0 Å². The third-order valence-corrected chi connectivity index (χ3v) is 3.40. The molecular weight excluding hydrogens is 208 g/mol. The second-order valence-electron chi connectivity index (χ2n) is 3.47. The molecule has 1 aromatic carbocycles. The number of ketones is 1. The van der Waals surface area contributed by atoms with E-state index in [-0.39, 0.29) is 5.78 Å². The molecule has 0 unspecified atom stereocenters. The number of allylic oxidation sites excluding steroid dienone is 1. The molecule has 0 aliphatic carbocycles. The van der Waals surface area contributed by atoms with Crippen LogP contribution in [0.2, 0.25) is 0 Å². The van der Waals surface area contributed by atoms with Crippen LogP contribution in [0.5, 0.6) is 0 Å². The number of Topliss-reactive ketones (excluding diaryl/α,β-unsaturated/α-hetero) is 1. The predicted molar refractivity (Wildman–Crippen MR) is 62.0 cm³/mol. The molecule has 0 N–H and O–H groups in total. The summed E-state index contributed by atoms with van der Waals surface area (Å²) in [5, 5.41) is 1.49. The Morgan fingerprint density at radius 1 is 1.20 bits per heavy atom. The second kappa shape index (κ2) is 5.03. The van der Waals surface area contributed by atoms with Crippen molar-refractivity contribution in [2.24, 2.45) is 0 Å². The minimum absolute atomic E-state index is 0.0459. The number of hydrogen-bond acceptors (Lipinski definition) is 2. The number of aryl methyl sites for hydroxylation is 1. The Balaban J connectivity index is 2.91. The Bertz CT molecular complexity index is 416. The smallest absolute Gasteiger partial charge is 0.156 e. The van der Waals surface area contributed by atoms with Crippen molar-refractivity contribution in [1.82, 2.24) is 0 Å². The van der Waals surface area contributed by atoms with Gasteiger partial charge in [0.1, 0.15) is 0 Å². The highest BCUT2D eigenvalue weighted by Crippen LogP contribution is 2.11. The zero-order valence-electron chi connectivity index (χ0n) is 9.11. The first-order valence-electron chi connectivity index (χ1n) is 4.67. The lowest BCUT2D eigenvalue weighted by atomic mass is 10.2. The standard InChI is InChI=1S/C12H14O2S/c1-9-4-6-12(7-5-9)15(14)8-10(2)11(3)13/h4-8H,1-3H3/b10-8-/t15-/m0/s1. The van der Waals surface area contributed by atoms with E-state index in [1.165, 1.54) is 12.3 Å². The first kappa shape index (κ1) is 11.9. The molecule has 1 rings (SSSR count). The van der Waals surface area contributed by atoms with E-state index in [4.69, 9.17) is 0 Å². The maximum absolute atomic E-state index is 11.8. The molecule has 3 heteroatoms. The number of hydrogen-bond donors (Lipinski definition) is 0. The number of carbonyl (C=O) groups is 1. The molecule has 0 saturated heterocycles. The minimum atomic E-state index is -1.23. The maximum Gasteiger partial charge on any atom is 0.156 e. The fourth-order valence-corrected chi connectivity index (χ4v) is 2.01. The monoisotopic (exact) mass is 222 g/mol. The van der Waals surface area contributed by atoms with E-state index in [1.54, 1.807) is 6.92 Å². The van der Waals surface area contributed by atoms with Gasteiger partial charge in [-0.15, -0.1) is 0 Å². The number of carbonyl (C=O) groups excluding carboxylic acids is 1. The minimum Gasteiger partial charge on any atom is -0.295 e. The van der Waals surface area contributed by atoms with Crippen molar-refractivity contribution in [1.29, 1.82) is 0 Å². The van der Waals surface area contributed by atoms with Gasteiger partial charge in [-0.25, -0.2) is 4.21 Å². The average molecular weight is 222 g/mol. The van der Waals surface area contributed by atoms with Gasteiger partial charge in [-0.1, -0.05) is 17.7 Å². The van der Waals surface area contributed by atoms with Crippen LogP contribution in [-0.2, 0) is 15.6 Å². The van der Waals surface area contributed by atoms with Gasteiger partial charge in [-0.3, -0.25) is 4.79 Å². The molecule has 0 aliphatic heterocycles. The summed E-state index contributed by atoms with van der Waals surface area (Å²) in [6, 6.07) is 7.44. The summed E-state index contributed by atoms with van der Waals surface area (Å²) in [7, 11) is -1.23. The van der Waals surface area contributed by atoms with Gasteiger partial charge >= 0.3 is 0 Å². The first-order valence-corrected chi connectivity index (χ1v) is 5.88. The lowest BCUT2D eigenvalue weighted by Crippen LogP contribution is -1.95. The van der Waals surface area contributed by atoms with E-state index in [9.17, 15) is 9.00 Å². The molecule has 0 amide bonds. The van der Waals surface area contributed by atoms with Gasteiger partial charge in [-0.2, -0.15) is 0 Å². The number of benzene rings is 1. The Labute approximate surface area is 92.5 Å². The molecular formula is C12H14O2S. The quantitative estimate of drug-likeness (QED) is 0.737. The van der Waals surface area contributed by atoms with Crippen LogP contribution in [-0.4, -0.2) is 9.99 Å². The lowest BCUT2D eigenvalue weighted by molar-refractivity contribution is -0.113. The predicted octanol–water partition coefficient (Wildman–Crippen LogP) is 2.60. The summed E-state index contributed by atoms with van der Waals surface area (Å²) in [5.41, 5.74) is 1.66. The van der Waals surface area contributed by atoms with Crippen LogP contribution in [0, 0.1) is 6.92 Å². The molecule has 0 spiro atoms. The van der Waals surface area contributed by atoms with Crippen molar-refractivity contribution in [3.63, 3.8) is 0 Å². The van der Waals surface area contributed by atoms with Crippen molar-refractivity contribution in [3.8, 4) is 0 Å². The fourth-order valence-electron chi connectivity index (χ4n) is 0.984. The van der Waals surface area contributed by atoms with E-state index >= 15 is 0 Å². The van der Waals surface area contributed by atoms with E-state index in [0.29, 0.717) is 5.57 Å². The molecule has 0 saturated carbocycles. The fraction of sp³-hybridized carbons (Fsp3) is 0.250. The van der Waals surface area contributed by atoms with E-state index < -0.39 is 10.8 Å². The molecule has 0 aliphatic rings. The zero-order chi connectivity index (χ0) is 11.4. The molecule has 1 atom stereocenters. The Morgan fingerprint density at radius 2 is 1.73 bits per heavy atom. The molecule has 15 heavy (non-hydrogen) atoms. The van der Waals surface area contributed by atoms with Gasteiger partial charge in [-0.05, 0) is 32.9 Å². The first-order chi connectivity index (χ1) is 7.00. The largest absolute Gasteiger partial charge is 0.295 e. The van der Waals surface area contributed by atoms with Crippen LogP contribution >= 0.6 is 0 Å². The highest BCUT2D eigenvalue weighted by atomic mass is 32.2. The number of rotatable bonds is 3. The summed E-state index contributed by atoms with van der Waals surface area (Å²) >= 11 is 0. The summed E-state index contributed by atoms with van der Waals surface area (Å²) in [5.74, 6) is -0.0459. The molecule has 2 nitrogen and oxygen atoms in total. The molecule has 0 radical (unpaired) electrons. The normalized spacial score (nSPS) is 13.7. The third kappa shape index (κ3) is 3.44. The van der Waals surface area contributed by atoms with Crippen LogP contribution in [0.3, 0.4) is 0 Å². The Kier molecular flexibility index (Phi) is 3.97. The summed E-state index contributed by atoms with van der Waals surface area (Å²) in [4.78, 5) is 11.7. The van der Waals surface area contributed by atoms with E-state index in [1.807, 2.05) is 31.2 Å². The Morgan fingerprint density at radius 3 is 2.20 bits per heavy atom. The van der Waals surface area contributed by atoms with Crippen LogP contribution in [0.25, 0.3) is 0 Å². The van der Waals surface area contributed by atoms with E-state index in [2.05, 4.69) is 0 Å². The Hall–Kier alpha value is -1.22. The van der Waals surface area contributed by atoms with E-state index in [0.717, 1.165) is 10.5 Å². The topological polar surface area (TPSA) is 34.1 Å². The van der Waals surface area contributed by atoms with Gasteiger partial charge in [0.05, 0.1) is 10.8 Å². The molecule has 1 aromatic rings. The zero-order valence-corrected chi connectivity index (χ0v) is 9.93. The molecule has 0 aromatic heterocycles. The third-order valence-electron chi connectivity index (χ3n) is 2.09. The van der Waals surface area contributed by atoms with Crippen molar-refractivity contribution < 1.29 is 9.00 Å². The van der Waals surface area contributed by atoms with Crippen molar-refractivity contribution in [3.05, 3.63) is 40.8 Å².